The van der Waals surface area contributed by atoms with Gasteiger partial charge in [-0.05, 0) is 60.2 Å². The third-order valence-electron chi connectivity index (χ3n) is 3.62. The van der Waals surface area contributed by atoms with E-state index in [2.05, 4.69) is 31.2 Å². The lowest BCUT2D eigenvalue weighted by atomic mass is 10.0. The number of hydrogen-bond acceptors (Lipinski definition) is 5. The molecule has 26 heavy (non-hydrogen) atoms. The zero-order chi connectivity index (χ0) is 19.3. The van der Waals surface area contributed by atoms with Crippen molar-refractivity contribution >= 4 is 39.4 Å². The van der Waals surface area contributed by atoms with Gasteiger partial charge in [0.2, 0.25) is 0 Å². The maximum Gasteiger partial charge on any atom is 0.187 e. The Morgan fingerprint density at radius 3 is 2.50 bits per heavy atom. The molecule has 0 saturated heterocycles. The number of aromatic nitrogens is 2. The Kier molecular flexibility index (Phi) is 7.57. The number of hydrogen-bond donors (Lipinski definition) is 1. The highest BCUT2D eigenvalue weighted by atomic mass is 79.9. The molecule has 1 atom stereocenters. The van der Waals surface area contributed by atoms with Crippen LogP contribution < -0.4 is 5.32 Å². The van der Waals surface area contributed by atoms with Gasteiger partial charge in [-0.2, -0.15) is 0 Å². The smallest absolute Gasteiger partial charge is 0.187 e. The first-order valence-electron chi connectivity index (χ1n) is 7.80. The molecule has 0 spiro atoms. The van der Waals surface area contributed by atoms with E-state index in [1.807, 2.05) is 20.1 Å². The molecule has 1 N–H and O–H groups in total. The summed E-state index contributed by atoms with van der Waals surface area (Å²) >= 11 is 5.36. The molecule has 1 heterocycles. The van der Waals surface area contributed by atoms with Gasteiger partial charge in [0.15, 0.2) is 5.16 Å². The van der Waals surface area contributed by atoms with Gasteiger partial charge in [-0.15, -0.1) is 0 Å². The maximum absolute atomic E-state index is 13.6. The minimum absolute atomic E-state index is 0.317. The Morgan fingerprint density at radius 1 is 1.27 bits per heavy atom. The number of halogens is 3. The predicted molar refractivity (Wildman–Crippen MR) is 105 cm³/mol. The molecule has 0 bridgehead atoms. The average Bonchev–Trinajstić information content (AvgIpc) is 2.58. The Bertz CT molecular complexity index is 772. The number of thioether (sulfide) groups is 1. The first-order chi connectivity index (χ1) is 12.2. The van der Waals surface area contributed by atoms with Crippen LogP contribution in [0.1, 0.15) is 31.1 Å². The normalized spacial score (nSPS) is 12.8. The molecule has 0 fully saturated rings. The lowest BCUT2D eigenvalue weighted by Crippen LogP contribution is -2.37. The van der Waals surface area contributed by atoms with E-state index in [4.69, 9.17) is 0 Å². The molecule has 0 unspecified atom stereocenters. The van der Waals surface area contributed by atoms with Crippen molar-refractivity contribution in [2.45, 2.75) is 36.2 Å². The van der Waals surface area contributed by atoms with Gasteiger partial charge in [-0.3, -0.25) is 0 Å². The van der Waals surface area contributed by atoms with Crippen molar-refractivity contribution in [3.63, 3.8) is 0 Å². The summed E-state index contributed by atoms with van der Waals surface area (Å²) < 4.78 is 38.5. The topological polar surface area (TPSA) is 54.9 Å². The molecule has 2 aromatic rings. The van der Waals surface area contributed by atoms with E-state index in [9.17, 15) is 13.0 Å². The molecule has 1 radical (unpaired) electrons. The van der Waals surface area contributed by atoms with Crippen LogP contribution in [0.15, 0.2) is 34.0 Å². The minimum Gasteiger partial charge on any atom is -0.307 e. The van der Waals surface area contributed by atoms with Crippen LogP contribution in [0, 0.1) is 11.6 Å². The van der Waals surface area contributed by atoms with Crippen LogP contribution >= 0.6 is 27.7 Å². The molecule has 4 nitrogen and oxygen atoms in total. The van der Waals surface area contributed by atoms with Gasteiger partial charge >= 0.3 is 0 Å². The maximum atomic E-state index is 13.6. The van der Waals surface area contributed by atoms with Crippen molar-refractivity contribution in [3.05, 3.63) is 51.8 Å². The lowest BCUT2D eigenvalue weighted by molar-refractivity contribution is 0.472. The first-order valence-corrected chi connectivity index (χ1v) is 10.6. The van der Waals surface area contributed by atoms with Crippen LogP contribution in [0.25, 0.3) is 0 Å². The van der Waals surface area contributed by atoms with Gasteiger partial charge in [-0.25, -0.2) is 23.0 Å². The van der Waals surface area contributed by atoms with Crippen molar-refractivity contribution in [3.8, 4) is 0 Å². The van der Waals surface area contributed by atoms with Gasteiger partial charge in [-0.1, -0.05) is 11.8 Å². The Hall–Kier alpha value is -1.03. The Labute approximate surface area is 168 Å². The first kappa shape index (κ1) is 21.3. The molecule has 0 aliphatic heterocycles. The molecule has 0 saturated carbocycles. The fourth-order valence-corrected chi connectivity index (χ4v) is 3.29. The highest BCUT2D eigenvalue weighted by molar-refractivity contribution is 9.10. The van der Waals surface area contributed by atoms with E-state index < -0.39 is 16.4 Å². The molecular formula is C17H19BrF2N3OS2. The summed E-state index contributed by atoms with van der Waals surface area (Å²) in [6.07, 6.45) is 3.84. The molecule has 0 aliphatic rings. The Balaban J connectivity index is 2.36. The fraction of sp³-hybridized carbons (Fsp3) is 0.412. The van der Waals surface area contributed by atoms with E-state index in [1.54, 1.807) is 6.20 Å². The lowest BCUT2D eigenvalue weighted by Gasteiger charge is -2.24. The zero-order valence-corrected chi connectivity index (χ0v) is 17.8. The molecule has 1 aromatic carbocycles. The summed E-state index contributed by atoms with van der Waals surface area (Å²) in [5, 5.41) is 3.91. The molecule has 1 aromatic heterocycles. The van der Waals surface area contributed by atoms with E-state index in [0.29, 0.717) is 45.5 Å². The third kappa shape index (κ3) is 6.00. The summed E-state index contributed by atoms with van der Waals surface area (Å²) in [5.74, 6) is -1.25. The summed E-state index contributed by atoms with van der Waals surface area (Å²) in [5.41, 5.74) is 1.18. The molecule has 0 amide bonds. The van der Waals surface area contributed by atoms with Crippen LogP contribution in [0.5, 0.6) is 0 Å². The number of rotatable bonds is 8. The SMILES string of the molecule is CSc1ncc(Br)c([C@H](Cc2cc(F)cc(F)c2)NCC(C)(C)[S]=O)n1. The highest BCUT2D eigenvalue weighted by Gasteiger charge is 2.24. The van der Waals surface area contributed by atoms with Crippen molar-refractivity contribution in [2.75, 3.05) is 12.8 Å². The predicted octanol–water partition coefficient (Wildman–Crippen LogP) is 4.10. The fourth-order valence-electron chi connectivity index (χ4n) is 2.33. The molecule has 2 rings (SSSR count). The van der Waals surface area contributed by atoms with Crippen molar-refractivity contribution in [1.29, 1.82) is 0 Å². The summed E-state index contributed by atoms with van der Waals surface area (Å²) in [6, 6.07) is 3.10. The monoisotopic (exact) mass is 462 g/mol. The molecule has 141 valence electrons. The second-order valence-corrected chi connectivity index (χ2v) is 9.25. The Morgan fingerprint density at radius 2 is 1.92 bits per heavy atom. The van der Waals surface area contributed by atoms with Gasteiger partial charge in [0, 0.05) is 18.8 Å². The third-order valence-corrected chi connectivity index (χ3v) is 5.39. The van der Waals surface area contributed by atoms with Crippen LogP contribution in [-0.4, -0.2) is 31.7 Å². The second kappa shape index (κ2) is 9.25. The average molecular weight is 463 g/mol. The minimum atomic E-state index is -0.624. The number of nitrogens with one attached hydrogen (secondary N) is 1. The standard InChI is InChI=1S/C17H19BrF2N3OS2/c1-17(2,26-24)9-22-14(6-10-4-11(19)7-12(20)5-10)15-13(18)8-21-16(23-15)25-3/h4-5,7-8,14,22H,6,9H2,1-3H3/t14-/m0/s1. The van der Waals surface area contributed by atoms with Crippen molar-refractivity contribution in [2.24, 2.45) is 0 Å². The van der Waals surface area contributed by atoms with Gasteiger partial charge in [0.05, 0.1) is 32.6 Å². The second-order valence-electron chi connectivity index (χ2n) is 6.35. The van der Waals surface area contributed by atoms with Crippen molar-refractivity contribution in [1.82, 2.24) is 15.3 Å². The van der Waals surface area contributed by atoms with Crippen LogP contribution in [0.4, 0.5) is 8.78 Å². The molecule has 0 aliphatic carbocycles. The van der Waals surface area contributed by atoms with E-state index in [1.165, 1.54) is 23.9 Å². The quantitative estimate of drug-likeness (QED) is 0.472. The van der Waals surface area contributed by atoms with Gasteiger partial charge < -0.3 is 5.32 Å². The number of nitrogens with zero attached hydrogens (tertiary/aromatic N) is 2. The van der Waals surface area contributed by atoms with Crippen LogP contribution in [0.3, 0.4) is 0 Å². The molecular weight excluding hydrogens is 444 g/mol. The van der Waals surface area contributed by atoms with E-state index >= 15 is 0 Å². The number of benzene rings is 1. The summed E-state index contributed by atoms with van der Waals surface area (Å²) in [6.45, 7) is 4.08. The molecule has 9 heteroatoms. The summed E-state index contributed by atoms with van der Waals surface area (Å²) in [4.78, 5) is 8.73. The van der Waals surface area contributed by atoms with Crippen LogP contribution in [-0.2, 0) is 18.1 Å². The largest absolute Gasteiger partial charge is 0.307 e. The van der Waals surface area contributed by atoms with Gasteiger partial charge in [0.25, 0.3) is 0 Å². The van der Waals surface area contributed by atoms with Crippen LogP contribution in [0.2, 0.25) is 0 Å². The van der Waals surface area contributed by atoms with Gasteiger partial charge in [0.1, 0.15) is 11.6 Å². The van der Waals surface area contributed by atoms with Crippen molar-refractivity contribution < 1.29 is 13.0 Å². The van der Waals surface area contributed by atoms with E-state index in [-0.39, 0.29) is 6.04 Å². The van der Waals surface area contributed by atoms with E-state index in [0.717, 1.165) is 6.07 Å². The highest BCUT2D eigenvalue weighted by Crippen LogP contribution is 2.27. The summed E-state index contributed by atoms with van der Waals surface area (Å²) in [7, 11) is 0. The zero-order valence-electron chi connectivity index (χ0n) is 14.6.